The Kier molecular flexibility index (Phi) is 4.16. The van der Waals surface area contributed by atoms with Crippen molar-refractivity contribution < 1.29 is 14.7 Å². The van der Waals surface area contributed by atoms with E-state index in [0.717, 1.165) is 5.69 Å². The van der Waals surface area contributed by atoms with Gasteiger partial charge < -0.3 is 10.4 Å². The molecule has 2 N–H and O–H groups in total. The highest BCUT2D eigenvalue weighted by Gasteiger charge is 2.24. The van der Waals surface area contributed by atoms with Crippen molar-refractivity contribution in [3.8, 4) is 0 Å². The summed E-state index contributed by atoms with van der Waals surface area (Å²) in [7, 11) is 0. The summed E-state index contributed by atoms with van der Waals surface area (Å²) in [5, 5.41) is 15.9. The Morgan fingerprint density at radius 2 is 2.05 bits per heavy atom. The van der Waals surface area contributed by atoms with E-state index in [4.69, 9.17) is 5.11 Å². The Hall–Kier alpha value is -2.44. The van der Waals surface area contributed by atoms with Gasteiger partial charge in [-0.2, -0.15) is 5.10 Å². The molecular weight excluding hydrogens is 284 g/mol. The predicted molar refractivity (Wildman–Crippen MR) is 80.9 cm³/mol. The standard InChI is InChI=1S/C15H20N4O3/c1-9-7-12-16-8-11(10(2)19(12)18-9)14(22)17-15(3,4)6-5-13(20)21/h7-8H,5-6H2,1-4H3,(H,17,22)(H,20,21). The first kappa shape index (κ1) is 15.9. The summed E-state index contributed by atoms with van der Waals surface area (Å²) in [6, 6.07) is 1.84. The lowest BCUT2D eigenvalue weighted by atomic mass is 9.98. The second-order valence-electron chi connectivity index (χ2n) is 6.04. The third-order valence-corrected chi connectivity index (χ3v) is 3.51. The maximum atomic E-state index is 12.4. The molecule has 0 aliphatic heterocycles. The minimum Gasteiger partial charge on any atom is -0.481 e. The number of carboxylic acids is 1. The second-order valence-corrected chi connectivity index (χ2v) is 6.04. The molecule has 2 aromatic rings. The van der Waals surface area contributed by atoms with Gasteiger partial charge in [-0.3, -0.25) is 9.59 Å². The fraction of sp³-hybridized carbons (Fsp3) is 0.467. The van der Waals surface area contributed by atoms with Crippen LogP contribution in [0.15, 0.2) is 12.3 Å². The summed E-state index contributed by atoms with van der Waals surface area (Å²) >= 11 is 0. The zero-order chi connectivity index (χ0) is 16.5. The van der Waals surface area contributed by atoms with Crippen LogP contribution < -0.4 is 5.32 Å². The van der Waals surface area contributed by atoms with Gasteiger partial charge in [-0.05, 0) is 34.1 Å². The van der Waals surface area contributed by atoms with Gasteiger partial charge >= 0.3 is 5.97 Å². The lowest BCUT2D eigenvalue weighted by molar-refractivity contribution is -0.137. The molecule has 0 atom stereocenters. The monoisotopic (exact) mass is 304 g/mol. The highest BCUT2D eigenvalue weighted by molar-refractivity contribution is 5.95. The third-order valence-electron chi connectivity index (χ3n) is 3.51. The molecule has 7 nitrogen and oxygen atoms in total. The zero-order valence-electron chi connectivity index (χ0n) is 13.2. The van der Waals surface area contributed by atoms with E-state index in [-0.39, 0.29) is 12.3 Å². The lowest BCUT2D eigenvalue weighted by Crippen LogP contribution is -2.44. The van der Waals surface area contributed by atoms with Gasteiger partial charge in [0.25, 0.3) is 5.91 Å². The van der Waals surface area contributed by atoms with Crippen molar-refractivity contribution in [3.63, 3.8) is 0 Å². The molecular formula is C15H20N4O3. The van der Waals surface area contributed by atoms with E-state index in [2.05, 4.69) is 15.4 Å². The number of carbonyl (C=O) groups is 2. The van der Waals surface area contributed by atoms with Gasteiger partial charge in [0.1, 0.15) is 0 Å². The summed E-state index contributed by atoms with van der Waals surface area (Å²) in [6.07, 6.45) is 1.87. The molecule has 0 saturated carbocycles. The molecule has 0 bridgehead atoms. The Bertz CT molecular complexity index is 734. The smallest absolute Gasteiger partial charge is 0.303 e. The van der Waals surface area contributed by atoms with Crippen molar-refractivity contribution in [2.75, 3.05) is 0 Å². The van der Waals surface area contributed by atoms with Crippen molar-refractivity contribution >= 4 is 17.5 Å². The van der Waals surface area contributed by atoms with Gasteiger partial charge in [-0.25, -0.2) is 9.50 Å². The van der Waals surface area contributed by atoms with Gasteiger partial charge in [0.2, 0.25) is 0 Å². The van der Waals surface area contributed by atoms with Gasteiger partial charge in [0, 0.05) is 24.2 Å². The molecule has 2 aromatic heterocycles. The molecule has 0 spiro atoms. The fourth-order valence-corrected chi connectivity index (χ4v) is 2.24. The van der Waals surface area contributed by atoms with Gasteiger partial charge in [0.05, 0.1) is 17.0 Å². The van der Waals surface area contributed by atoms with Gasteiger partial charge in [0.15, 0.2) is 5.65 Å². The van der Waals surface area contributed by atoms with Crippen molar-refractivity contribution in [1.82, 2.24) is 19.9 Å². The summed E-state index contributed by atoms with van der Waals surface area (Å²) in [4.78, 5) is 27.3. The van der Waals surface area contributed by atoms with E-state index in [1.165, 1.54) is 6.20 Å². The first-order chi connectivity index (χ1) is 10.2. The van der Waals surface area contributed by atoms with E-state index in [0.29, 0.717) is 23.3 Å². The molecule has 0 fully saturated rings. The SMILES string of the molecule is Cc1cc2ncc(C(=O)NC(C)(C)CCC(=O)O)c(C)n2n1. The fourth-order valence-electron chi connectivity index (χ4n) is 2.24. The average Bonchev–Trinajstić information content (AvgIpc) is 2.78. The Morgan fingerprint density at radius 3 is 2.68 bits per heavy atom. The van der Waals surface area contributed by atoms with Crippen LogP contribution in [0, 0.1) is 13.8 Å². The number of aromatic nitrogens is 3. The highest BCUT2D eigenvalue weighted by Crippen LogP contribution is 2.15. The topological polar surface area (TPSA) is 96.6 Å². The predicted octanol–water partition coefficient (Wildman–Crippen LogP) is 1.72. The molecule has 118 valence electrons. The molecule has 7 heteroatoms. The molecule has 2 heterocycles. The molecule has 22 heavy (non-hydrogen) atoms. The van der Waals surface area contributed by atoms with Gasteiger partial charge in [-0.1, -0.05) is 0 Å². The third kappa shape index (κ3) is 3.41. The number of nitrogens with zero attached hydrogens (tertiary/aromatic N) is 3. The molecule has 2 rings (SSSR count). The lowest BCUT2D eigenvalue weighted by Gasteiger charge is -2.26. The van der Waals surface area contributed by atoms with Crippen LogP contribution in [-0.2, 0) is 4.79 Å². The van der Waals surface area contributed by atoms with E-state index < -0.39 is 11.5 Å². The maximum Gasteiger partial charge on any atom is 0.303 e. The van der Waals surface area contributed by atoms with E-state index in [9.17, 15) is 9.59 Å². The number of carbonyl (C=O) groups excluding carboxylic acids is 1. The summed E-state index contributed by atoms with van der Waals surface area (Å²) in [5.41, 5.74) is 2.03. The van der Waals surface area contributed by atoms with Crippen LogP contribution in [0.3, 0.4) is 0 Å². The van der Waals surface area contributed by atoms with E-state index in [1.807, 2.05) is 13.0 Å². The first-order valence-electron chi connectivity index (χ1n) is 7.06. The summed E-state index contributed by atoms with van der Waals surface area (Å²) in [6.45, 7) is 7.27. The van der Waals surface area contributed by atoms with Gasteiger partial charge in [-0.15, -0.1) is 0 Å². The Balaban J connectivity index is 2.22. The number of amides is 1. The molecule has 1 amide bonds. The largest absolute Gasteiger partial charge is 0.481 e. The van der Waals surface area contributed by atoms with E-state index in [1.54, 1.807) is 25.3 Å². The number of aliphatic carboxylic acids is 1. The molecule has 0 unspecified atom stereocenters. The van der Waals surface area contributed by atoms with Crippen molar-refractivity contribution in [2.45, 2.75) is 46.1 Å². The normalized spacial score (nSPS) is 11.6. The summed E-state index contributed by atoms with van der Waals surface area (Å²) in [5.74, 6) is -1.16. The molecule has 0 saturated heterocycles. The minimum absolute atomic E-state index is 0.00188. The minimum atomic E-state index is -0.881. The zero-order valence-corrected chi connectivity index (χ0v) is 13.2. The molecule has 0 aliphatic rings. The van der Waals surface area contributed by atoms with Crippen molar-refractivity contribution in [1.29, 1.82) is 0 Å². The quantitative estimate of drug-likeness (QED) is 0.876. The number of aryl methyl sites for hydroxylation is 2. The van der Waals surface area contributed by atoms with Crippen molar-refractivity contribution in [2.24, 2.45) is 0 Å². The number of nitrogens with one attached hydrogen (secondary N) is 1. The van der Waals surface area contributed by atoms with Crippen LogP contribution in [0.2, 0.25) is 0 Å². The highest BCUT2D eigenvalue weighted by atomic mass is 16.4. The molecule has 0 aliphatic carbocycles. The first-order valence-corrected chi connectivity index (χ1v) is 7.06. The molecule has 0 aromatic carbocycles. The Morgan fingerprint density at radius 1 is 1.36 bits per heavy atom. The average molecular weight is 304 g/mol. The number of hydrogen-bond acceptors (Lipinski definition) is 4. The van der Waals surface area contributed by atoms with Crippen LogP contribution in [0.1, 0.15) is 48.4 Å². The van der Waals surface area contributed by atoms with Crippen LogP contribution >= 0.6 is 0 Å². The van der Waals surface area contributed by atoms with E-state index >= 15 is 0 Å². The number of carboxylic acid groups (broad SMARTS) is 1. The number of rotatable bonds is 5. The summed E-state index contributed by atoms with van der Waals surface area (Å²) < 4.78 is 1.63. The number of fused-ring (bicyclic) bond motifs is 1. The molecule has 0 radical (unpaired) electrons. The number of hydrogen-bond donors (Lipinski definition) is 2. The van der Waals surface area contributed by atoms with Crippen LogP contribution in [0.4, 0.5) is 0 Å². The second kappa shape index (κ2) is 5.75. The maximum absolute atomic E-state index is 12.4. The Labute approximate surface area is 128 Å². The van der Waals surface area contributed by atoms with Crippen LogP contribution in [-0.4, -0.2) is 37.1 Å². The van der Waals surface area contributed by atoms with Crippen LogP contribution in [0.5, 0.6) is 0 Å². The van der Waals surface area contributed by atoms with Crippen LogP contribution in [0.25, 0.3) is 5.65 Å². The van der Waals surface area contributed by atoms with Crippen molar-refractivity contribution in [3.05, 3.63) is 29.2 Å².